The number of carbonyl (C=O) groups excluding carboxylic acids is 1. The summed E-state index contributed by atoms with van der Waals surface area (Å²) in [5.74, 6) is 2.26. The van der Waals surface area contributed by atoms with E-state index in [0.717, 1.165) is 29.7 Å². The average molecular weight is 542 g/mol. The zero-order valence-electron chi connectivity index (χ0n) is 23.1. The standard InChI is InChI=1S/C29H31N7O4/c1-17-35-36-27(39-17)20-8-6-18(7-9-20)14-30-25-21(12-13-22(37)40-29(2,3)4)15-31-26(34-25)23-24(19-10-11-19)32-16-33-28(23)38-5/h6-9,12-13,15-16,19H,10-11,14H2,1-5H3,(H,30,31,34)/b13-12+. The van der Waals surface area contributed by atoms with Crippen molar-refractivity contribution in [2.75, 3.05) is 12.4 Å². The highest BCUT2D eigenvalue weighted by atomic mass is 16.6. The van der Waals surface area contributed by atoms with E-state index >= 15 is 0 Å². The smallest absolute Gasteiger partial charge is 0.331 e. The molecule has 1 aromatic carbocycles. The molecule has 0 bridgehead atoms. The lowest BCUT2D eigenvalue weighted by Crippen LogP contribution is -2.22. The highest BCUT2D eigenvalue weighted by molar-refractivity contribution is 5.88. The molecule has 1 saturated carbocycles. The van der Waals surface area contributed by atoms with E-state index in [2.05, 4.69) is 30.5 Å². The van der Waals surface area contributed by atoms with Gasteiger partial charge in [-0.15, -0.1) is 10.2 Å². The fraction of sp³-hybridized carbons (Fsp3) is 0.345. The number of benzene rings is 1. The molecule has 40 heavy (non-hydrogen) atoms. The first kappa shape index (κ1) is 26.9. The molecule has 0 radical (unpaired) electrons. The van der Waals surface area contributed by atoms with Gasteiger partial charge in [0.05, 0.1) is 12.8 Å². The summed E-state index contributed by atoms with van der Waals surface area (Å²) in [6.45, 7) is 7.68. The Morgan fingerprint density at radius 1 is 1.12 bits per heavy atom. The summed E-state index contributed by atoms with van der Waals surface area (Å²) in [6.07, 6.45) is 8.28. The van der Waals surface area contributed by atoms with Crippen molar-refractivity contribution in [3.05, 3.63) is 65.6 Å². The SMILES string of the molecule is COc1ncnc(C2CC2)c1-c1ncc(/C=C/C(=O)OC(C)(C)C)c(NCc2ccc(-c3nnc(C)o3)cc2)n1. The van der Waals surface area contributed by atoms with Crippen LogP contribution in [0.2, 0.25) is 0 Å². The number of hydrogen-bond acceptors (Lipinski definition) is 11. The summed E-state index contributed by atoms with van der Waals surface area (Å²) in [7, 11) is 1.57. The van der Waals surface area contributed by atoms with Crippen LogP contribution in [0.5, 0.6) is 5.88 Å². The van der Waals surface area contributed by atoms with E-state index in [4.69, 9.17) is 18.9 Å². The molecule has 0 atom stereocenters. The number of hydrogen-bond donors (Lipinski definition) is 1. The first-order chi connectivity index (χ1) is 19.2. The Bertz CT molecular complexity index is 1540. The Morgan fingerprint density at radius 3 is 2.55 bits per heavy atom. The van der Waals surface area contributed by atoms with E-state index in [1.807, 2.05) is 45.0 Å². The summed E-state index contributed by atoms with van der Waals surface area (Å²) in [6, 6.07) is 7.79. The number of nitrogens with zero attached hydrogens (tertiary/aromatic N) is 6. The second kappa shape index (κ2) is 11.2. The number of ether oxygens (including phenoxy) is 2. The third-order valence-electron chi connectivity index (χ3n) is 6.03. The zero-order chi connectivity index (χ0) is 28.3. The number of methoxy groups -OCH3 is 1. The normalized spacial score (nSPS) is 13.4. The van der Waals surface area contributed by atoms with Crippen LogP contribution in [0.1, 0.15) is 62.2 Å². The molecule has 0 saturated heterocycles. The number of nitrogens with one attached hydrogen (secondary N) is 1. The molecule has 11 nitrogen and oxygen atoms in total. The lowest BCUT2D eigenvalue weighted by molar-refractivity contribution is -0.148. The molecule has 5 rings (SSSR count). The van der Waals surface area contributed by atoms with Crippen LogP contribution in [-0.2, 0) is 16.1 Å². The molecule has 0 unspecified atom stereocenters. The van der Waals surface area contributed by atoms with Crippen molar-refractivity contribution in [3.8, 4) is 28.7 Å². The van der Waals surface area contributed by atoms with Gasteiger partial charge >= 0.3 is 5.97 Å². The molecule has 3 heterocycles. The van der Waals surface area contributed by atoms with Crippen molar-refractivity contribution in [1.29, 1.82) is 0 Å². The molecule has 3 aromatic heterocycles. The van der Waals surface area contributed by atoms with Gasteiger partial charge in [-0.1, -0.05) is 12.1 Å². The van der Waals surface area contributed by atoms with Gasteiger partial charge in [0, 0.05) is 42.8 Å². The molecular formula is C29H31N7O4. The summed E-state index contributed by atoms with van der Waals surface area (Å²) in [4.78, 5) is 30.6. The number of aromatic nitrogens is 6. The minimum Gasteiger partial charge on any atom is -0.480 e. The number of carbonyl (C=O) groups is 1. The molecule has 11 heteroatoms. The van der Waals surface area contributed by atoms with Crippen LogP contribution in [0.25, 0.3) is 28.9 Å². The fourth-order valence-corrected chi connectivity index (χ4v) is 4.05. The molecule has 0 amide bonds. The predicted molar refractivity (Wildman–Crippen MR) is 148 cm³/mol. The molecule has 1 N–H and O–H groups in total. The molecule has 1 aliphatic rings. The Morgan fingerprint density at radius 2 is 1.90 bits per heavy atom. The van der Waals surface area contributed by atoms with Crippen molar-refractivity contribution < 1.29 is 18.7 Å². The lowest BCUT2D eigenvalue weighted by Gasteiger charge is -2.18. The Balaban J connectivity index is 1.45. The van der Waals surface area contributed by atoms with Crippen molar-refractivity contribution in [1.82, 2.24) is 30.1 Å². The Kier molecular flexibility index (Phi) is 7.54. The van der Waals surface area contributed by atoms with E-state index in [1.54, 1.807) is 26.3 Å². The average Bonchev–Trinajstić information content (AvgIpc) is 3.69. The molecule has 206 valence electrons. The van der Waals surface area contributed by atoms with Gasteiger partial charge in [0.25, 0.3) is 0 Å². The quantitative estimate of drug-likeness (QED) is 0.222. The highest BCUT2D eigenvalue weighted by Gasteiger charge is 2.31. The van der Waals surface area contributed by atoms with Gasteiger partial charge < -0.3 is 19.2 Å². The van der Waals surface area contributed by atoms with Gasteiger partial charge in [0.2, 0.25) is 17.7 Å². The van der Waals surface area contributed by atoms with E-state index in [1.165, 1.54) is 12.4 Å². The van der Waals surface area contributed by atoms with E-state index in [0.29, 0.717) is 52.9 Å². The van der Waals surface area contributed by atoms with E-state index in [9.17, 15) is 4.79 Å². The molecule has 0 spiro atoms. The predicted octanol–water partition coefficient (Wildman–Crippen LogP) is 5.15. The van der Waals surface area contributed by atoms with E-state index in [-0.39, 0.29) is 0 Å². The summed E-state index contributed by atoms with van der Waals surface area (Å²) in [5.41, 5.74) is 3.41. The third-order valence-corrected chi connectivity index (χ3v) is 6.03. The van der Waals surface area contributed by atoms with Gasteiger partial charge in [-0.3, -0.25) is 0 Å². The van der Waals surface area contributed by atoms with Crippen LogP contribution in [0.15, 0.2) is 47.3 Å². The van der Waals surface area contributed by atoms with Gasteiger partial charge in [-0.25, -0.2) is 24.7 Å². The monoisotopic (exact) mass is 541 g/mol. The van der Waals surface area contributed by atoms with Crippen molar-refractivity contribution in [2.24, 2.45) is 0 Å². The van der Waals surface area contributed by atoms with Gasteiger partial charge in [0.15, 0.2) is 5.82 Å². The van der Waals surface area contributed by atoms with Crippen LogP contribution < -0.4 is 10.1 Å². The zero-order valence-corrected chi connectivity index (χ0v) is 23.1. The van der Waals surface area contributed by atoms with Crippen LogP contribution in [0, 0.1) is 6.92 Å². The molecule has 4 aromatic rings. The van der Waals surface area contributed by atoms with Crippen LogP contribution in [0.3, 0.4) is 0 Å². The lowest BCUT2D eigenvalue weighted by atomic mass is 10.1. The Hall–Kier alpha value is -4.67. The third kappa shape index (κ3) is 6.48. The van der Waals surface area contributed by atoms with Gasteiger partial charge in [-0.2, -0.15) is 0 Å². The van der Waals surface area contributed by atoms with Crippen molar-refractivity contribution >= 4 is 17.9 Å². The second-order valence-corrected chi connectivity index (χ2v) is 10.5. The first-order valence-corrected chi connectivity index (χ1v) is 13.0. The Labute approximate surface area is 232 Å². The maximum absolute atomic E-state index is 12.4. The molecule has 0 aliphatic heterocycles. The largest absolute Gasteiger partial charge is 0.480 e. The van der Waals surface area contributed by atoms with Crippen LogP contribution in [0.4, 0.5) is 5.82 Å². The minimum atomic E-state index is -0.599. The number of esters is 1. The van der Waals surface area contributed by atoms with Gasteiger partial charge in [0.1, 0.15) is 23.3 Å². The van der Waals surface area contributed by atoms with Crippen molar-refractivity contribution in [3.63, 3.8) is 0 Å². The van der Waals surface area contributed by atoms with Crippen LogP contribution >= 0.6 is 0 Å². The van der Waals surface area contributed by atoms with Crippen LogP contribution in [-0.4, -0.2) is 48.8 Å². The number of rotatable bonds is 9. The fourth-order valence-electron chi connectivity index (χ4n) is 4.05. The molecular weight excluding hydrogens is 510 g/mol. The summed E-state index contributed by atoms with van der Waals surface area (Å²) >= 11 is 0. The number of anilines is 1. The molecule has 1 aliphatic carbocycles. The summed E-state index contributed by atoms with van der Waals surface area (Å²) < 4.78 is 16.5. The summed E-state index contributed by atoms with van der Waals surface area (Å²) in [5, 5.41) is 11.3. The number of aryl methyl sites for hydroxylation is 1. The minimum absolute atomic E-state index is 0.333. The first-order valence-electron chi connectivity index (χ1n) is 13.0. The maximum Gasteiger partial charge on any atom is 0.331 e. The van der Waals surface area contributed by atoms with Gasteiger partial charge in [-0.05, 0) is 57.4 Å². The second-order valence-electron chi connectivity index (χ2n) is 10.5. The highest BCUT2D eigenvalue weighted by Crippen LogP contribution is 2.45. The van der Waals surface area contributed by atoms with E-state index < -0.39 is 11.6 Å². The molecule has 1 fully saturated rings. The topological polar surface area (TPSA) is 138 Å². The maximum atomic E-state index is 12.4. The van der Waals surface area contributed by atoms with Crippen molar-refractivity contribution in [2.45, 2.75) is 58.6 Å².